The second-order valence-corrected chi connectivity index (χ2v) is 5.84. The molecular formula is C16H23ClN2O4. The number of ether oxygens (including phenoxy) is 2. The second kappa shape index (κ2) is 9.25. The molecule has 7 heteroatoms. The van der Waals surface area contributed by atoms with Crippen LogP contribution < -0.4 is 20.1 Å². The van der Waals surface area contributed by atoms with Crippen LogP contribution in [-0.2, 0) is 4.79 Å². The summed E-state index contributed by atoms with van der Waals surface area (Å²) in [6.45, 7) is 6.65. The van der Waals surface area contributed by atoms with Crippen molar-refractivity contribution in [3.8, 4) is 11.5 Å². The fourth-order valence-electron chi connectivity index (χ4n) is 1.76. The second-order valence-electron chi connectivity index (χ2n) is 5.43. The van der Waals surface area contributed by atoms with Crippen LogP contribution in [0.15, 0.2) is 12.1 Å². The van der Waals surface area contributed by atoms with Gasteiger partial charge in [0.15, 0.2) is 11.5 Å². The van der Waals surface area contributed by atoms with Gasteiger partial charge in [-0.2, -0.15) is 0 Å². The molecule has 0 atom stereocenters. The van der Waals surface area contributed by atoms with Gasteiger partial charge in [-0.25, -0.2) is 0 Å². The molecule has 0 aromatic heterocycles. The number of rotatable bonds is 8. The molecule has 0 aliphatic heterocycles. The van der Waals surface area contributed by atoms with Crippen molar-refractivity contribution in [2.45, 2.75) is 20.8 Å². The topological polar surface area (TPSA) is 76.7 Å². The van der Waals surface area contributed by atoms with Crippen molar-refractivity contribution in [1.29, 1.82) is 0 Å². The van der Waals surface area contributed by atoms with Crippen LogP contribution in [0.4, 0.5) is 0 Å². The van der Waals surface area contributed by atoms with E-state index < -0.39 is 0 Å². The third-order valence-corrected chi connectivity index (χ3v) is 3.12. The molecule has 0 aliphatic carbocycles. The van der Waals surface area contributed by atoms with Crippen LogP contribution in [-0.4, -0.2) is 38.6 Å². The predicted molar refractivity (Wildman–Crippen MR) is 89.4 cm³/mol. The van der Waals surface area contributed by atoms with Crippen LogP contribution >= 0.6 is 11.6 Å². The standard InChI is InChI=1S/C16H23ClN2O4/c1-10(2)9-23-15-13(17)7-12(8-14(15)22-4)16(21)19-6-5-18-11(3)20/h7-8,10H,5-6,9H2,1-4H3,(H,18,20)(H,19,21). The minimum absolute atomic E-state index is 0.143. The fraction of sp³-hybridized carbons (Fsp3) is 0.500. The Morgan fingerprint density at radius 3 is 2.43 bits per heavy atom. The normalized spacial score (nSPS) is 10.3. The fourth-order valence-corrected chi connectivity index (χ4v) is 2.02. The Morgan fingerprint density at radius 1 is 1.22 bits per heavy atom. The summed E-state index contributed by atoms with van der Waals surface area (Å²) in [5.41, 5.74) is 0.367. The van der Waals surface area contributed by atoms with Crippen molar-refractivity contribution in [3.05, 3.63) is 22.7 Å². The van der Waals surface area contributed by atoms with E-state index >= 15 is 0 Å². The zero-order valence-corrected chi connectivity index (χ0v) is 14.6. The third kappa shape index (κ3) is 6.36. The van der Waals surface area contributed by atoms with Crippen molar-refractivity contribution in [2.24, 2.45) is 5.92 Å². The first-order chi connectivity index (χ1) is 10.8. The third-order valence-electron chi connectivity index (χ3n) is 2.84. The summed E-state index contributed by atoms with van der Waals surface area (Å²) >= 11 is 6.20. The highest BCUT2D eigenvalue weighted by molar-refractivity contribution is 6.32. The summed E-state index contributed by atoms with van der Waals surface area (Å²) in [4.78, 5) is 22.9. The summed E-state index contributed by atoms with van der Waals surface area (Å²) in [6, 6.07) is 3.11. The lowest BCUT2D eigenvalue weighted by Crippen LogP contribution is -2.33. The smallest absolute Gasteiger partial charge is 0.251 e. The zero-order valence-electron chi connectivity index (χ0n) is 13.9. The van der Waals surface area contributed by atoms with Crippen LogP contribution in [0, 0.1) is 5.92 Å². The van der Waals surface area contributed by atoms with E-state index in [-0.39, 0.29) is 11.8 Å². The first-order valence-corrected chi connectivity index (χ1v) is 7.76. The van der Waals surface area contributed by atoms with E-state index in [1.54, 1.807) is 6.07 Å². The van der Waals surface area contributed by atoms with Crippen molar-refractivity contribution in [3.63, 3.8) is 0 Å². The lowest BCUT2D eigenvalue weighted by Gasteiger charge is -2.15. The maximum absolute atomic E-state index is 12.1. The summed E-state index contributed by atoms with van der Waals surface area (Å²) in [7, 11) is 1.49. The van der Waals surface area contributed by atoms with E-state index in [0.717, 1.165) is 0 Å². The molecule has 1 aromatic rings. The van der Waals surface area contributed by atoms with Gasteiger partial charge < -0.3 is 20.1 Å². The number of carbonyl (C=O) groups excluding carboxylic acids is 2. The highest BCUT2D eigenvalue weighted by Gasteiger charge is 2.16. The van der Waals surface area contributed by atoms with E-state index in [1.807, 2.05) is 13.8 Å². The van der Waals surface area contributed by atoms with Gasteiger partial charge in [-0.3, -0.25) is 9.59 Å². The number of nitrogens with one attached hydrogen (secondary N) is 2. The maximum Gasteiger partial charge on any atom is 0.251 e. The molecule has 2 amide bonds. The molecule has 0 bridgehead atoms. The Labute approximate surface area is 141 Å². The molecule has 0 aliphatic rings. The van der Waals surface area contributed by atoms with Crippen molar-refractivity contribution in [2.75, 3.05) is 26.8 Å². The SMILES string of the molecule is COc1cc(C(=O)NCCNC(C)=O)cc(Cl)c1OCC(C)C. The Bertz CT molecular complexity index is 561. The number of hydrogen-bond donors (Lipinski definition) is 2. The molecular weight excluding hydrogens is 320 g/mol. The van der Waals surface area contributed by atoms with E-state index in [0.29, 0.717) is 47.7 Å². The molecule has 128 valence electrons. The van der Waals surface area contributed by atoms with Crippen LogP contribution in [0.2, 0.25) is 5.02 Å². The van der Waals surface area contributed by atoms with Crippen molar-refractivity contribution < 1.29 is 19.1 Å². The minimum atomic E-state index is -0.300. The van der Waals surface area contributed by atoms with Gasteiger partial charge in [-0.05, 0) is 18.1 Å². The Balaban J connectivity index is 2.78. The molecule has 0 heterocycles. The van der Waals surface area contributed by atoms with Gasteiger partial charge in [0.2, 0.25) is 5.91 Å². The number of benzene rings is 1. The van der Waals surface area contributed by atoms with E-state index in [1.165, 1.54) is 20.1 Å². The Morgan fingerprint density at radius 2 is 1.87 bits per heavy atom. The summed E-state index contributed by atoms with van der Waals surface area (Å²) in [5, 5.41) is 5.61. The van der Waals surface area contributed by atoms with Gasteiger partial charge in [0.25, 0.3) is 5.91 Å². The molecule has 0 spiro atoms. The molecule has 0 unspecified atom stereocenters. The summed E-state index contributed by atoms with van der Waals surface area (Å²) < 4.78 is 10.9. The summed E-state index contributed by atoms with van der Waals surface area (Å²) in [6.07, 6.45) is 0. The van der Waals surface area contributed by atoms with Crippen LogP contribution in [0.3, 0.4) is 0 Å². The van der Waals surface area contributed by atoms with Gasteiger partial charge in [-0.15, -0.1) is 0 Å². The molecule has 0 saturated carbocycles. The lowest BCUT2D eigenvalue weighted by atomic mass is 10.2. The number of methoxy groups -OCH3 is 1. The van der Waals surface area contributed by atoms with Gasteiger partial charge >= 0.3 is 0 Å². The molecule has 6 nitrogen and oxygen atoms in total. The highest BCUT2D eigenvalue weighted by atomic mass is 35.5. The van der Waals surface area contributed by atoms with Crippen LogP contribution in [0.5, 0.6) is 11.5 Å². The first-order valence-electron chi connectivity index (χ1n) is 7.38. The Kier molecular flexibility index (Phi) is 7.68. The Hall–Kier alpha value is -1.95. The molecule has 23 heavy (non-hydrogen) atoms. The maximum atomic E-state index is 12.1. The van der Waals surface area contributed by atoms with E-state index in [9.17, 15) is 9.59 Å². The molecule has 0 radical (unpaired) electrons. The van der Waals surface area contributed by atoms with Crippen LogP contribution in [0.25, 0.3) is 0 Å². The molecule has 2 N–H and O–H groups in total. The molecule has 1 rings (SSSR count). The van der Waals surface area contributed by atoms with Gasteiger partial charge in [0.05, 0.1) is 18.7 Å². The molecule has 0 saturated heterocycles. The monoisotopic (exact) mass is 342 g/mol. The number of amides is 2. The molecule has 1 aromatic carbocycles. The largest absolute Gasteiger partial charge is 0.493 e. The zero-order chi connectivity index (χ0) is 17.4. The van der Waals surface area contributed by atoms with Crippen molar-refractivity contribution in [1.82, 2.24) is 10.6 Å². The quantitative estimate of drug-likeness (QED) is 0.710. The molecule has 0 fully saturated rings. The predicted octanol–water partition coefficient (Wildman–Crippen LogP) is 2.25. The van der Waals surface area contributed by atoms with Gasteiger partial charge in [0, 0.05) is 25.6 Å². The average molecular weight is 343 g/mol. The minimum Gasteiger partial charge on any atom is -0.493 e. The average Bonchev–Trinajstić information content (AvgIpc) is 2.48. The van der Waals surface area contributed by atoms with Gasteiger partial charge in [-0.1, -0.05) is 25.4 Å². The number of halogens is 1. The first kappa shape index (κ1) is 19.1. The van der Waals surface area contributed by atoms with E-state index in [2.05, 4.69) is 10.6 Å². The summed E-state index contributed by atoms with van der Waals surface area (Å²) in [5.74, 6) is 0.733. The van der Waals surface area contributed by atoms with Crippen LogP contribution in [0.1, 0.15) is 31.1 Å². The van der Waals surface area contributed by atoms with Gasteiger partial charge in [0.1, 0.15) is 0 Å². The number of carbonyl (C=O) groups is 2. The number of hydrogen-bond acceptors (Lipinski definition) is 4. The lowest BCUT2D eigenvalue weighted by molar-refractivity contribution is -0.118. The highest BCUT2D eigenvalue weighted by Crippen LogP contribution is 2.36. The van der Waals surface area contributed by atoms with Crippen molar-refractivity contribution >= 4 is 23.4 Å². The van der Waals surface area contributed by atoms with E-state index in [4.69, 9.17) is 21.1 Å².